The minimum Gasteiger partial charge on any atom is -0.444 e. The van der Waals surface area contributed by atoms with Crippen molar-refractivity contribution in [3.05, 3.63) is 34.4 Å². The van der Waals surface area contributed by atoms with Crippen molar-refractivity contribution in [1.29, 1.82) is 0 Å². The third-order valence-electron chi connectivity index (χ3n) is 5.56. The van der Waals surface area contributed by atoms with Crippen LogP contribution >= 0.6 is 0 Å². The van der Waals surface area contributed by atoms with E-state index < -0.39 is 58.4 Å². The number of hydrogen-bond acceptors (Lipinski definition) is 9. The number of nitro groups is 1. The molecule has 5 amide bonds. The summed E-state index contributed by atoms with van der Waals surface area (Å²) in [5.74, 6) is -3.42. The Labute approximate surface area is 242 Å². The normalized spacial score (nSPS) is 13.0. The molecule has 17 heteroatoms. The van der Waals surface area contributed by atoms with Crippen molar-refractivity contribution in [3.8, 4) is 0 Å². The van der Waals surface area contributed by atoms with Crippen LogP contribution in [0.15, 0.2) is 29.3 Å². The van der Waals surface area contributed by atoms with Crippen LogP contribution in [-0.2, 0) is 23.9 Å². The molecule has 0 fully saturated rings. The van der Waals surface area contributed by atoms with Crippen LogP contribution in [0.5, 0.6) is 0 Å². The van der Waals surface area contributed by atoms with Gasteiger partial charge in [0.2, 0.25) is 23.6 Å². The Morgan fingerprint density at radius 2 is 1.62 bits per heavy atom. The molecule has 17 nitrogen and oxygen atoms in total. The highest BCUT2D eigenvalue weighted by Gasteiger charge is 2.34. The molecule has 1 rings (SSSR count). The maximum atomic E-state index is 13.7. The van der Waals surface area contributed by atoms with Gasteiger partial charge in [-0.25, -0.2) is 4.79 Å². The summed E-state index contributed by atoms with van der Waals surface area (Å²) in [5.41, 5.74) is 20.5. The standard InChI is InChI=1S/C25H39N9O8/c1-14(31-21(37)17(11-12-19(26)35)32-24(39)42-25(2,3)4)22(38)33(15-7-9-16(10-8-15)34(40)41)18(20(27)36)6-5-13-30-23(28)29/h7-10,14,17-18H,5-6,11-13H2,1-4H3,(H2,26,35)(H2,27,36)(H,31,37)(H,32,39)(H4,28,29,30)/t14-,17-,18-/m0/s1. The first kappa shape index (κ1) is 35.1. The van der Waals surface area contributed by atoms with Crippen LogP contribution in [0.4, 0.5) is 16.2 Å². The Kier molecular flexibility index (Phi) is 13.1. The summed E-state index contributed by atoms with van der Waals surface area (Å²) in [6, 6.07) is 0.942. The van der Waals surface area contributed by atoms with E-state index in [1.165, 1.54) is 19.1 Å². The number of non-ortho nitro benzene ring substituents is 1. The van der Waals surface area contributed by atoms with Crippen LogP contribution in [0.2, 0.25) is 0 Å². The fourth-order valence-electron chi connectivity index (χ4n) is 3.68. The lowest BCUT2D eigenvalue weighted by Gasteiger charge is -2.32. The second kappa shape index (κ2) is 15.7. The fraction of sp³-hybridized carbons (Fsp3) is 0.520. The lowest BCUT2D eigenvalue weighted by molar-refractivity contribution is -0.384. The van der Waals surface area contributed by atoms with Crippen molar-refractivity contribution in [2.24, 2.45) is 27.9 Å². The van der Waals surface area contributed by atoms with Gasteiger partial charge in [-0.05, 0) is 59.1 Å². The molecule has 1 aromatic carbocycles. The smallest absolute Gasteiger partial charge is 0.408 e. The Bertz CT molecular complexity index is 1180. The van der Waals surface area contributed by atoms with Gasteiger partial charge in [-0.15, -0.1) is 0 Å². The van der Waals surface area contributed by atoms with E-state index in [1.54, 1.807) is 20.8 Å². The number of benzene rings is 1. The maximum absolute atomic E-state index is 13.7. The zero-order valence-corrected chi connectivity index (χ0v) is 24.0. The van der Waals surface area contributed by atoms with Crippen LogP contribution in [0, 0.1) is 10.1 Å². The first-order valence-electron chi connectivity index (χ1n) is 12.9. The number of ether oxygens (including phenoxy) is 1. The Balaban J connectivity index is 3.31. The van der Waals surface area contributed by atoms with Gasteiger partial charge in [0, 0.05) is 30.8 Å². The third kappa shape index (κ3) is 12.1. The number of anilines is 1. The van der Waals surface area contributed by atoms with E-state index in [2.05, 4.69) is 15.6 Å². The molecule has 10 N–H and O–H groups in total. The number of hydrogen-bond donors (Lipinski definition) is 6. The van der Waals surface area contributed by atoms with Crippen molar-refractivity contribution in [2.75, 3.05) is 11.4 Å². The highest BCUT2D eigenvalue weighted by atomic mass is 16.6. The highest BCUT2D eigenvalue weighted by Crippen LogP contribution is 2.24. The van der Waals surface area contributed by atoms with E-state index >= 15 is 0 Å². The number of nitrogens with two attached hydrogens (primary N) is 4. The van der Waals surface area contributed by atoms with E-state index in [1.807, 2.05) is 0 Å². The molecule has 0 aromatic heterocycles. The van der Waals surface area contributed by atoms with Gasteiger partial charge >= 0.3 is 6.09 Å². The number of nitro benzene ring substituents is 1. The number of carbonyl (C=O) groups is 5. The quantitative estimate of drug-likeness (QED) is 0.0498. The molecule has 42 heavy (non-hydrogen) atoms. The number of nitrogens with zero attached hydrogens (tertiary/aromatic N) is 3. The van der Waals surface area contributed by atoms with Gasteiger partial charge in [0.1, 0.15) is 23.7 Å². The van der Waals surface area contributed by atoms with Gasteiger partial charge in [0.25, 0.3) is 5.69 Å². The number of guanidine groups is 1. The molecule has 0 unspecified atom stereocenters. The summed E-state index contributed by atoms with van der Waals surface area (Å²) in [5, 5.41) is 16.0. The van der Waals surface area contributed by atoms with Gasteiger partial charge in [0.05, 0.1) is 4.92 Å². The molecule has 0 spiro atoms. The SMILES string of the molecule is C[C@H](NC(=O)[C@H](CCC(N)=O)NC(=O)OC(C)(C)C)C(=O)N(c1ccc([N+](=O)[O-])cc1)[C@@H](CCCN=C(N)N)C(N)=O. The number of primary amides is 2. The topological polar surface area (TPSA) is 281 Å². The second-order valence-electron chi connectivity index (χ2n) is 10.3. The number of amides is 5. The summed E-state index contributed by atoms with van der Waals surface area (Å²) in [7, 11) is 0. The monoisotopic (exact) mass is 593 g/mol. The summed E-state index contributed by atoms with van der Waals surface area (Å²) >= 11 is 0. The summed E-state index contributed by atoms with van der Waals surface area (Å²) in [6.45, 7) is 6.30. The number of alkyl carbamates (subject to hydrolysis) is 1. The molecule has 0 heterocycles. The Hall–Kier alpha value is -4.96. The van der Waals surface area contributed by atoms with Gasteiger partial charge in [0.15, 0.2) is 5.96 Å². The molecular formula is C25H39N9O8. The second-order valence-corrected chi connectivity index (χ2v) is 10.3. The lowest BCUT2D eigenvalue weighted by Crippen LogP contribution is -2.57. The van der Waals surface area contributed by atoms with Gasteiger partial charge in [-0.1, -0.05) is 0 Å². The van der Waals surface area contributed by atoms with Crippen LogP contribution in [0.1, 0.15) is 53.4 Å². The van der Waals surface area contributed by atoms with Gasteiger partial charge in [-0.3, -0.25) is 39.2 Å². The lowest BCUT2D eigenvalue weighted by atomic mass is 10.1. The van der Waals surface area contributed by atoms with E-state index in [9.17, 15) is 34.1 Å². The van der Waals surface area contributed by atoms with Crippen molar-refractivity contribution in [3.63, 3.8) is 0 Å². The first-order valence-corrected chi connectivity index (χ1v) is 12.9. The molecule has 0 aliphatic heterocycles. The largest absolute Gasteiger partial charge is 0.444 e. The average Bonchev–Trinajstić information content (AvgIpc) is 2.86. The summed E-state index contributed by atoms with van der Waals surface area (Å²) in [4.78, 5) is 78.3. The zero-order valence-electron chi connectivity index (χ0n) is 24.0. The minimum absolute atomic E-state index is 0.0109. The van der Waals surface area contributed by atoms with Crippen LogP contribution in [0.3, 0.4) is 0 Å². The van der Waals surface area contributed by atoms with E-state index in [-0.39, 0.29) is 49.6 Å². The number of rotatable bonds is 15. The average molecular weight is 594 g/mol. The number of aliphatic imine (C=N–C) groups is 1. The maximum Gasteiger partial charge on any atom is 0.408 e. The van der Waals surface area contributed by atoms with E-state index in [4.69, 9.17) is 27.7 Å². The van der Waals surface area contributed by atoms with Crippen molar-refractivity contribution in [1.82, 2.24) is 10.6 Å². The minimum atomic E-state index is -1.30. The van der Waals surface area contributed by atoms with E-state index in [0.717, 1.165) is 17.0 Å². The first-order chi connectivity index (χ1) is 19.4. The fourth-order valence-corrected chi connectivity index (χ4v) is 3.68. The van der Waals surface area contributed by atoms with Crippen molar-refractivity contribution in [2.45, 2.75) is 77.1 Å². The van der Waals surface area contributed by atoms with E-state index in [0.29, 0.717) is 0 Å². The number of nitrogens with one attached hydrogen (secondary N) is 2. The highest BCUT2D eigenvalue weighted by molar-refractivity contribution is 6.04. The molecule has 1 aromatic rings. The summed E-state index contributed by atoms with van der Waals surface area (Å²) < 4.78 is 5.17. The molecule has 232 valence electrons. The zero-order chi connectivity index (χ0) is 32.2. The Morgan fingerprint density at radius 3 is 2.10 bits per heavy atom. The van der Waals surface area contributed by atoms with Crippen LogP contribution in [0.25, 0.3) is 0 Å². The van der Waals surface area contributed by atoms with Crippen molar-refractivity contribution < 1.29 is 33.6 Å². The van der Waals surface area contributed by atoms with Gasteiger partial charge < -0.3 is 38.3 Å². The molecule has 0 bridgehead atoms. The Morgan fingerprint density at radius 1 is 1.02 bits per heavy atom. The molecule has 0 radical (unpaired) electrons. The molecule has 0 saturated heterocycles. The van der Waals surface area contributed by atoms with Crippen molar-refractivity contribution >= 4 is 47.1 Å². The molecular weight excluding hydrogens is 554 g/mol. The summed E-state index contributed by atoms with van der Waals surface area (Å²) in [6.07, 6.45) is -1.14. The van der Waals surface area contributed by atoms with Crippen LogP contribution < -0.4 is 38.5 Å². The van der Waals surface area contributed by atoms with Crippen LogP contribution in [-0.4, -0.2) is 70.9 Å². The third-order valence-corrected chi connectivity index (χ3v) is 5.56. The molecule has 0 aliphatic carbocycles. The molecule has 0 aliphatic rings. The van der Waals surface area contributed by atoms with Gasteiger partial charge in [-0.2, -0.15) is 0 Å². The molecule has 3 atom stereocenters. The number of carbonyl (C=O) groups excluding carboxylic acids is 5. The molecule has 0 saturated carbocycles. The predicted octanol–water partition coefficient (Wildman–Crippen LogP) is -0.501. The predicted molar refractivity (Wildman–Crippen MR) is 153 cm³/mol.